The Morgan fingerprint density at radius 2 is 1.55 bits per heavy atom. The van der Waals surface area contributed by atoms with Crippen LogP contribution in [-0.4, -0.2) is 47.3 Å². The standard InChI is InChI=1S/C47H42Cl2F2N6O4S/c1-8-57(26(2)31-10-9-21-53-43(31)56(24-27-11-15-29(59-6)16-12-27)25-28-13-17-30(60-7)18-14-28)44-33-22-35(48)38(39(51)40(33)54-46(49)55-44)32-19-20-36(50)42-37(32)34(23-52)41(62-42)45(58)61-47(3,4)5/h9-22,26H,8,24-25H2,1-7H3/t26-/m1/s1. The lowest BCUT2D eigenvalue weighted by Gasteiger charge is -2.34. The lowest BCUT2D eigenvalue weighted by Crippen LogP contribution is -2.31. The highest BCUT2D eigenvalue weighted by atomic mass is 35.5. The average Bonchev–Trinajstić information content (AvgIpc) is 3.66. The summed E-state index contributed by atoms with van der Waals surface area (Å²) in [6, 6.07) is 25.3. The van der Waals surface area contributed by atoms with Gasteiger partial charge in [0.1, 0.15) is 51.0 Å². The number of carbonyl (C=O) groups is 1. The molecule has 0 aliphatic rings. The van der Waals surface area contributed by atoms with E-state index in [2.05, 4.69) is 14.9 Å². The molecule has 15 heteroatoms. The van der Waals surface area contributed by atoms with Gasteiger partial charge in [0.05, 0.1) is 35.5 Å². The van der Waals surface area contributed by atoms with Crippen LogP contribution in [-0.2, 0) is 17.8 Å². The van der Waals surface area contributed by atoms with Gasteiger partial charge in [0.25, 0.3) is 0 Å². The van der Waals surface area contributed by atoms with Crippen LogP contribution in [0.5, 0.6) is 11.5 Å². The average molecular weight is 896 g/mol. The Morgan fingerprint density at radius 1 is 0.919 bits per heavy atom. The van der Waals surface area contributed by atoms with Gasteiger partial charge in [0.2, 0.25) is 5.28 Å². The minimum Gasteiger partial charge on any atom is -0.497 e. The predicted molar refractivity (Wildman–Crippen MR) is 242 cm³/mol. The molecule has 0 saturated heterocycles. The number of fused-ring (bicyclic) bond motifs is 2. The van der Waals surface area contributed by atoms with E-state index < -0.39 is 29.2 Å². The van der Waals surface area contributed by atoms with Gasteiger partial charge in [-0.25, -0.2) is 23.5 Å². The van der Waals surface area contributed by atoms with Crippen LogP contribution in [0.2, 0.25) is 10.3 Å². The van der Waals surface area contributed by atoms with Gasteiger partial charge in [-0.1, -0.05) is 48.0 Å². The summed E-state index contributed by atoms with van der Waals surface area (Å²) in [6.45, 7) is 10.4. The van der Waals surface area contributed by atoms with E-state index in [0.29, 0.717) is 25.5 Å². The van der Waals surface area contributed by atoms with Gasteiger partial charge >= 0.3 is 5.97 Å². The number of anilines is 2. The molecule has 0 N–H and O–H groups in total. The summed E-state index contributed by atoms with van der Waals surface area (Å²) in [5.41, 5.74) is 1.70. The Morgan fingerprint density at radius 3 is 2.11 bits per heavy atom. The van der Waals surface area contributed by atoms with Gasteiger partial charge < -0.3 is 24.0 Å². The largest absolute Gasteiger partial charge is 0.497 e. The SMILES string of the molecule is CCN(c1nc(Cl)nc2c(F)c(-c3ccc(F)c4sc(C(=O)OC(C)(C)C)c(C#N)c34)c(Cl)cc12)[C@H](C)c1cccnc1N(Cc1ccc(OC)cc1)Cc1ccc(OC)cc1. The van der Waals surface area contributed by atoms with Crippen LogP contribution in [0.1, 0.15) is 72.6 Å². The number of pyridine rings is 1. The number of carbonyl (C=O) groups excluding carboxylic acids is 1. The third-order valence-corrected chi connectivity index (χ3v) is 11.9. The van der Waals surface area contributed by atoms with Crippen molar-refractivity contribution in [3.05, 3.63) is 134 Å². The second-order valence-corrected chi connectivity index (χ2v) is 17.2. The number of aromatic nitrogens is 3. The van der Waals surface area contributed by atoms with Crippen LogP contribution >= 0.6 is 34.5 Å². The maximum Gasteiger partial charge on any atom is 0.350 e. The van der Waals surface area contributed by atoms with Crippen LogP contribution in [0, 0.1) is 23.0 Å². The predicted octanol–water partition coefficient (Wildman–Crippen LogP) is 12.1. The van der Waals surface area contributed by atoms with Gasteiger partial charge in [-0.15, -0.1) is 11.3 Å². The minimum absolute atomic E-state index is 0.0248. The number of methoxy groups -OCH3 is 2. The van der Waals surface area contributed by atoms with E-state index in [1.807, 2.05) is 85.5 Å². The minimum atomic E-state index is -0.887. The van der Waals surface area contributed by atoms with Crippen molar-refractivity contribution in [1.82, 2.24) is 15.0 Å². The number of nitriles is 1. The molecule has 0 bridgehead atoms. The third kappa shape index (κ3) is 8.81. The van der Waals surface area contributed by atoms with Gasteiger partial charge in [0, 0.05) is 47.7 Å². The van der Waals surface area contributed by atoms with Gasteiger partial charge in [0.15, 0.2) is 5.82 Å². The van der Waals surface area contributed by atoms with E-state index in [0.717, 1.165) is 51.4 Å². The fourth-order valence-electron chi connectivity index (χ4n) is 7.46. The second kappa shape index (κ2) is 18.1. The zero-order valence-electron chi connectivity index (χ0n) is 35.0. The Hall–Kier alpha value is -6.07. The lowest BCUT2D eigenvalue weighted by molar-refractivity contribution is 0.00749. The third-order valence-electron chi connectivity index (χ3n) is 10.3. The van der Waals surface area contributed by atoms with Crippen molar-refractivity contribution in [3.8, 4) is 28.7 Å². The first-order chi connectivity index (χ1) is 29.7. The first-order valence-electron chi connectivity index (χ1n) is 19.6. The van der Waals surface area contributed by atoms with Crippen molar-refractivity contribution in [3.63, 3.8) is 0 Å². The molecule has 0 aliphatic carbocycles. The Kier molecular flexibility index (Phi) is 12.9. The summed E-state index contributed by atoms with van der Waals surface area (Å²) in [7, 11) is 3.26. The highest BCUT2D eigenvalue weighted by Crippen LogP contribution is 2.46. The number of nitrogens with zero attached hydrogens (tertiary/aromatic N) is 6. The molecule has 318 valence electrons. The molecule has 0 saturated carbocycles. The summed E-state index contributed by atoms with van der Waals surface area (Å²) in [4.78, 5) is 31.2. The van der Waals surface area contributed by atoms with Gasteiger partial charge in [-0.05, 0) is 105 Å². The quantitative estimate of drug-likeness (QED) is 0.0819. The van der Waals surface area contributed by atoms with Gasteiger partial charge in [-0.3, -0.25) is 0 Å². The molecule has 0 amide bonds. The molecular weight excluding hydrogens is 854 g/mol. The summed E-state index contributed by atoms with van der Waals surface area (Å²) in [6.07, 6.45) is 1.75. The van der Waals surface area contributed by atoms with E-state index >= 15 is 8.78 Å². The molecule has 0 unspecified atom stereocenters. The number of esters is 1. The molecule has 4 aromatic carbocycles. The van der Waals surface area contributed by atoms with Crippen LogP contribution < -0.4 is 19.3 Å². The first kappa shape index (κ1) is 44.0. The van der Waals surface area contributed by atoms with E-state index in [9.17, 15) is 10.1 Å². The summed E-state index contributed by atoms with van der Waals surface area (Å²) >= 11 is 14.4. The van der Waals surface area contributed by atoms with E-state index in [4.69, 9.17) is 42.4 Å². The molecule has 7 aromatic rings. The van der Waals surface area contributed by atoms with Crippen molar-refractivity contribution >= 4 is 73.1 Å². The molecule has 62 heavy (non-hydrogen) atoms. The maximum atomic E-state index is 17.2. The van der Waals surface area contributed by atoms with Gasteiger partial charge in [-0.2, -0.15) is 10.2 Å². The van der Waals surface area contributed by atoms with Crippen LogP contribution in [0.4, 0.5) is 20.4 Å². The number of thiophene rings is 1. The molecule has 0 aliphatic heterocycles. The van der Waals surface area contributed by atoms with E-state index in [-0.39, 0.29) is 52.9 Å². The van der Waals surface area contributed by atoms with Crippen LogP contribution in [0.25, 0.3) is 32.1 Å². The smallest absolute Gasteiger partial charge is 0.350 e. The molecule has 7 rings (SSSR count). The van der Waals surface area contributed by atoms with Crippen molar-refractivity contribution in [2.24, 2.45) is 0 Å². The highest BCUT2D eigenvalue weighted by molar-refractivity contribution is 7.21. The Labute approximate surface area is 372 Å². The van der Waals surface area contributed by atoms with Crippen LogP contribution in [0.3, 0.4) is 0 Å². The molecule has 3 heterocycles. The molecule has 0 fully saturated rings. The van der Waals surface area contributed by atoms with Crippen LogP contribution in [0.15, 0.2) is 85.1 Å². The monoisotopic (exact) mass is 894 g/mol. The topological polar surface area (TPSA) is 114 Å². The Balaban J connectivity index is 1.33. The van der Waals surface area contributed by atoms with Crippen molar-refractivity contribution < 1.29 is 27.8 Å². The lowest BCUT2D eigenvalue weighted by atomic mass is 9.96. The number of hydrogen-bond acceptors (Lipinski definition) is 11. The fraction of sp³-hybridized carbons (Fsp3) is 0.255. The summed E-state index contributed by atoms with van der Waals surface area (Å²) < 4.78 is 49.0. The number of halogens is 4. The highest BCUT2D eigenvalue weighted by Gasteiger charge is 2.31. The molecule has 1 atom stereocenters. The number of rotatable bonds is 13. The van der Waals surface area contributed by atoms with E-state index in [1.54, 1.807) is 47.3 Å². The first-order valence-corrected chi connectivity index (χ1v) is 21.2. The Bertz CT molecular complexity index is 2800. The molecule has 0 radical (unpaired) electrons. The van der Waals surface area contributed by atoms with Crippen molar-refractivity contribution in [2.45, 2.75) is 59.4 Å². The van der Waals surface area contributed by atoms with Crippen molar-refractivity contribution in [2.75, 3.05) is 30.6 Å². The zero-order chi connectivity index (χ0) is 44.5. The number of ether oxygens (including phenoxy) is 3. The number of benzene rings is 4. The normalized spacial score (nSPS) is 12.0. The second-order valence-electron chi connectivity index (χ2n) is 15.4. The molecular formula is C47H42Cl2F2N6O4S. The maximum absolute atomic E-state index is 17.2. The fourth-order valence-corrected chi connectivity index (χ4v) is 8.97. The molecule has 3 aromatic heterocycles. The zero-order valence-corrected chi connectivity index (χ0v) is 37.3. The summed E-state index contributed by atoms with van der Waals surface area (Å²) in [5, 5.41) is 10.3. The van der Waals surface area contributed by atoms with Crippen molar-refractivity contribution in [1.29, 1.82) is 5.26 Å². The van der Waals surface area contributed by atoms with E-state index in [1.165, 1.54) is 6.07 Å². The number of hydrogen-bond donors (Lipinski definition) is 0. The molecule has 0 spiro atoms. The summed E-state index contributed by atoms with van der Waals surface area (Å²) in [5.74, 6) is 0.171. The molecule has 10 nitrogen and oxygen atoms in total.